The minimum Gasteiger partial charge on any atom is -0.384 e. The van der Waals surface area contributed by atoms with E-state index in [1.807, 2.05) is 68.7 Å². The number of nitrogens with zero attached hydrogens (tertiary/aromatic N) is 2. The van der Waals surface area contributed by atoms with Crippen molar-refractivity contribution in [1.29, 1.82) is 0 Å². The molecule has 2 atom stereocenters. The van der Waals surface area contributed by atoms with Crippen LogP contribution in [0.25, 0.3) is 10.9 Å². The summed E-state index contributed by atoms with van der Waals surface area (Å²) in [6.07, 6.45) is 1.42. The number of benzene rings is 3. The first-order valence-electron chi connectivity index (χ1n) is 11.5. The van der Waals surface area contributed by atoms with E-state index in [9.17, 15) is 5.11 Å². The van der Waals surface area contributed by atoms with Gasteiger partial charge >= 0.3 is 0 Å². The lowest BCUT2D eigenvalue weighted by atomic mass is 9.71. The number of halogens is 1. The van der Waals surface area contributed by atoms with Gasteiger partial charge in [0, 0.05) is 17.8 Å². The maximum absolute atomic E-state index is 12.5. The molecule has 4 rings (SSSR count). The molecule has 0 aliphatic rings. The lowest BCUT2D eigenvalue weighted by Gasteiger charge is -2.38. The smallest absolute Gasteiger partial charge is 0.132 e. The quantitative estimate of drug-likeness (QED) is 0.309. The highest BCUT2D eigenvalue weighted by atomic mass is 35.5. The highest BCUT2D eigenvalue weighted by Crippen LogP contribution is 2.45. The monoisotopic (exact) mass is 458 g/mol. The minimum atomic E-state index is -1.09. The lowest BCUT2D eigenvalue weighted by Crippen LogP contribution is -2.37. The first-order chi connectivity index (χ1) is 15.9. The molecule has 4 aromatic rings. The molecular weight excluding hydrogens is 428 g/mol. The molecule has 3 aromatic carbocycles. The Morgan fingerprint density at radius 3 is 2.21 bits per heavy atom. The second-order valence-electron chi connectivity index (χ2n) is 8.93. The van der Waals surface area contributed by atoms with Gasteiger partial charge in [-0.1, -0.05) is 85.3 Å². The van der Waals surface area contributed by atoms with Gasteiger partial charge in [0.2, 0.25) is 0 Å². The Balaban J connectivity index is 1.93. The van der Waals surface area contributed by atoms with E-state index < -0.39 is 5.60 Å². The number of aromatic nitrogens is 1. The molecule has 1 aromatic heterocycles. The van der Waals surface area contributed by atoms with Crippen LogP contribution < -0.4 is 0 Å². The summed E-state index contributed by atoms with van der Waals surface area (Å²) in [5.41, 5.74) is 3.87. The van der Waals surface area contributed by atoms with Gasteiger partial charge in [0.25, 0.3) is 0 Å². The van der Waals surface area contributed by atoms with Gasteiger partial charge in [-0.05, 0) is 67.4 Å². The summed E-state index contributed by atoms with van der Waals surface area (Å²) in [5.74, 6) is -0.244. The number of aliphatic hydroxyl groups is 1. The zero-order valence-electron chi connectivity index (χ0n) is 19.5. The second-order valence-corrected chi connectivity index (χ2v) is 9.29. The number of rotatable bonds is 8. The van der Waals surface area contributed by atoms with Gasteiger partial charge in [0.1, 0.15) is 10.8 Å². The maximum Gasteiger partial charge on any atom is 0.132 e. The standard InChI is InChI=1S/C29H31ClN2O/c1-4-21-19-24-20-23(15-16-26(24)31-28(21)30)27(22-11-7-5-8-12-22)29(33,17-18-32(2)3)25-13-9-6-10-14-25/h5-16,19-20,27,33H,4,17-18H2,1-3H3. The van der Waals surface area contributed by atoms with E-state index in [4.69, 9.17) is 11.6 Å². The fourth-order valence-electron chi connectivity index (χ4n) is 4.61. The Labute approximate surface area is 201 Å². The van der Waals surface area contributed by atoms with Gasteiger partial charge in [0.15, 0.2) is 0 Å². The molecule has 1 heterocycles. The van der Waals surface area contributed by atoms with Gasteiger partial charge in [-0.15, -0.1) is 0 Å². The fourth-order valence-corrected chi connectivity index (χ4v) is 4.89. The fraction of sp³-hybridized carbons (Fsp3) is 0.276. The molecule has 0 amide bonds. The van der Waals surface area contributed by atoms with Crippen molar-refractivity contribution in [3.63, 3.8) is 0 Å². The Bertz CT molecular complexity index is 1210. The van der Waals surface area contributed by atoms with E-state index in [0.29, 0.717) is 11.6 Å². The van der Waals surface area contributed by atoms with Crippen LogP contribution in [0.1, 0.15) is 41.5 Å². The molecule has 0 saturated heterocycles. The average Bonchev–Trinajstić information content (AvgIpc) is 2.84. The molecule has 0 saturated carbocycles. The topological polar surface area (TPSA) is 36.4 Å². The van der Waals surface area contributed by atoms with E-state index in [0.717, 1.165) is 46.1 Å². The molecule has 0 spiro atoms. The van der Waals surface area contributed by atoms with E-state index in [-0.39, 0.29) is 5.92 Å². The van der Waals surface area contributed by atoms with Crippen molar-refractivity contribution in [3.05, 3.63) is 112 Å². The molecule has 2 unspecified atom stereocenters. The van der Waals surface area contributed by atoms with Crippen LogP contribution in [0.3, 0.4) is 0 Å². The predicted octanol–water partition coefficient (Wildman–Crippen LogP) is 6.42. The summed E-state index contributed by atoms with van der Waals surface area (Å²) in [5, 5.41) is 14.1. The van der Waals surface area contributed by atoms with Crippen LogP contribution in [0.2, 0.25) is 5.15 Å². The van der Waals surface area contributed by atoms with Crippen LogP contribution in [0.15, 0.2) is 84.9 Å². The Hall–Kier alpha value is -2.72. The molecule has 0 bridgehead atoms. The van der Waals surface area contributed by atoms with Gasteiger partial charge in [-0.2, -0.15) is 0 Å². The summed E-state index contributed by atoms with van der Waals surface area (Å²) in [6, 6.07) is 28.7. The molecule has 0 aliphatic heterocycles. The third-order valence-electron chi connectivity index (χ3n) is 6.40. The van der Waals surface area contributed by atoms with Gasteiger partial charge in [-0.25, -0.2) is 4.98 Å². The van der Waals surface area contributed by atoms with Gasteiger partial charge in [0.05, 0.1) is 5.52 Å². The number of pyridine rings is 1. The molecule has 1 N–H and O–H groups in total. The van der Waals surface area contributed by atoms with Crippen LogP contribution in [-0.4, -0.2) is 35.6 Å². The number of hydrogen-bond acceptors (Lipinski definition) is 3. The molecule has 33 heavy (non-hydrogen) atoms. The first kappa shape index (κ1) is 23.4. The minimum absolute atomic E-state index is 0.244. The van der Waals surface area contributed by atoms with Crippen LogP contribution in [0, 0.1) is 0 Å². The molecule has 170 valence electrons. The van der Waals surface area contributed by atoms with Crippen molar-refractivity contribution in [2.45, 2.75) is 31.3 Å². The number of fused-ring (bicyclic) bond motifs is 1. The van der Waals surface area contributed by atoms with E-state index in [1.54, 1.807) is 0 Å². The Morgan fingerprint density at radius 1 is 0.909 bits per heavy atom. The third kappa shape index (κ3) is 4.96. The molecular formula is C29H31ClN2O. The molecule has 0 aliphatic carbocycles. The van der Waals surface area contributed by atoms with Crippen LogP contribution in [0.4, 0.5) is 0 Å². The molecule has 0 fully saturated rings. The Kier molecular flexibility index (Phi) is 7.14. The van der Waals surface area contributed by atoms with Gasteiger partial charge < -0.3 is 10.0 Å². The molecule has 3 nitrogen and oxygen atoms in total. The number of hydrogen-bond donors (Lipinski definition) is 1. The Morgan fingerprint density at radius 2 is 1.58 bits per heavy atom. The average molecular weight is 459 g/mol. The SMILES string of the molecule is CCc1cc2cc(C(c3ccccc3)C(O)(CCN(C)C)c3ccccc3)ccc2nc1Cl. The van der Waals surface area contributed by atoms with Crippen molar-refractivity contribution in [3.8, 4) is 0 Å². The van der Waals surface area contributed by atoms with Crippen LogP contribution in [-0.2, 0) is 12.0 Å². The van der Waals surface area contributed by atoms with Crippen molar-refractivity contribution in [2.75, 3.05) is 20.6 Å². The van der Waals surface area contributed by atoms with Crippen LogP contribution >= 0.6 is 11.6 Å². The summed E-state index contributed by atoms with van der Waals surface area (Å²) < 4.78 is 0. The second kappa shape index (κ2) is 10.0. The predicted molar refractivity (Wildman–Crippen MR) is 138 cm³/mol. The number of aryl methyl sites for hydroxylation is 1. The molecule has 0 radical (unpaired) electrons. The zero-order valence-corrected chi connectivity index (χ0v) is 20.3. The van der Waals surface area contributed by atoms with Crippen molar-refractivity contribution >= 4 is 22.5 Å². The van der Waals surface area contributed by atoms with E-state index >= 15 is 0 Å². The highest BCUT2D eigenvalue weighted by Gasteiger charge is 2.40. The third-order valence-corrected chi connectivity index (χ3v) is 6.73. The summed E-state index contributed by atoms with van der Waals surface area (Å²) in [4.78, 5) is 6.72. The van der Waals surface area contributed by atoms with Crippen molar-refractivity contribution in [2.24, 2.45) is 0 Å². The normalized spacial score (nSPS) is 14.4. The van der Waals surface area contributed by atoms with E-state index in [1.165, 1.54) is 0 Å². The molecule has 4 heteroatoms. The largest absolute Gasteiger partial charge is 0.384 e. The zero-order chi connectivity index (χ0) is 23.4. The van der Waals surface area contributed by atoms with Gasteiger partial charge in [-0.3, -0.25) is 0 Å². The lowest BCUT2D eigenvalue weighted by molar-refractivity contribution is 0.00451. The van der Waals surface area contributed by atoms with Crippen molar-refractivity contribution in [1.82, 2.24) is 9.88 Å². The van der Waals surface area contributed by atoms with Crippen molar-refractivity contribution < 1.29 is 5.11 Å². The summed E-state index contributed by atoms with van der Waals surface area (Å²) >= 11 is 6.37. The van der Waals surface area contributed by atoms with E-state index in [2.05, 4.69) is 47.1 Å². The summed E-state index contributed by atoms with van der Waals surface area (Å²) in [6.45, 7) is 2.85. The summed E-state index contributed by atoms with van der Waals surface area (Å²) in [7, 11) is 4.08. The highest BCUT2D eigenvalue weighted by molar-refractivity contribution is 6.30. The first-order valence-corrected chi connectivity index (χ1v) is 11.9. The maximum atomic E-state index is 12.5. The van der Waals surface area contributed by atoms with Crippen LogP contribution in [0.5, 0.6) is 0 Å².